The first-order valence-corrected chi connectivity index (χ1v) is 6.36. The van der Waals surface area contributed by atoms with E-state index < -0.39 is 0 Å². The molecule has 1 atom stereocenters. The van der Waals surface area contributed by atoms with Gasteiger partial charge in [0.15, 0.2) is 0 Å². The lowest BCUT2D eigenvalue weighted by atomic mass is 9.87. The highest BCUT2D eigenvalue weighted by atomic mass is 16.7. The lowest BCUT2D eigenvalue weighted by molar-refractivity contribution is 0.00578. The molecular formula is C14H25BO2. The predicted octanol–water partition coefficient (Wildman–Crippen LogP) is 3.78. The molecule has 0 bridgehead atoms. The molecule has 0 amide bonds. The van der Waals surface area contributed by atoms with Crippen molar-refractivity contribution >= 4 is 7.12 Å². The Morgan fingerprint density at radius 1 is 1.12 bits per heavy atom. The molecule has 0 aliphatic carbocycles. The van der Waals surface area contributed by atoms with Gasteiger partial charge in [0, 0.05) is 0 Å². The lowest BCUT2D eigenvalue weighted by Crippen LogP contribution is -2.41. The van der Waals surface area contributed by atoms with Gasteiger partial charge in [-0.2, -0.15) is 0 Å². The van der Waals surface area contributed by atoms with Crippen LogP contribution in [0.4, 0.5) is 0 Å². The van der Waals surface area contributed by atoms with Crippen molar-refractivity contribution < 1.29 is 9.31 Å². The van der Waals surface area contributed by atoms with Crippen LogP contribution < -0.4 is 0 Å². The van der Waals surface area contributed by atoms with E-state index in [9.17, 15) is 0 Å². The molecule has 1 aliphatic heterocycles. The fraction of sp³-hybridized carbons (Fsp3) is 0.714. The van der Waals surface area contributed by atoms with Crippen LogP contribution in [0.15, 0.2) is 23.7 Å². The van der Waals surface area contributed by atoms with Crippen molar-refractivity contribution in [1.29, 1.82) is 0 Å². The summed E-state index contributed by atoms with van der Waals surface area (Å²) in [7, 11) is -0.230. The van der Waals surface area contributed by atoms with E-state index in [1.165, 1.54) is 5.57 Å². The van der Waals surface area contributed by atoms with Gasteiger partial charge in [-0.25, -0.2) is 0 Å². The summed E-state index contributed by atoms with van der Waals surface area (Å²) in [6, 6.07) is 0. The zero-order valence-electron chi connectivity index (χ0n) is 12.2. The van der Waals surface area contributed by atoms with Crippen molar-refractivity contribution in [3.05, 3.63) is 23.7 Å². The molecule has 1 aliphatic rings. The van der Waals surface area contributed by atoms with E-state index in [0.717, 1.165) is 0 Å². The van der Waals surface area contributed by atoms with Crippen LogP contribution in [0.1, 0.15) is 48.5 Å². The highest BCUT2D eigenvalue weighted by Gasteiger charge is 2.49. The number of hydrogen-bond donors (Lipinski definition) is 0. The molecule has 1 heterocycles. The Kier molecular flexibility index (Phi) is 4.26. The molecule has 0 spiro atoms. The summed E-state index contributed by atoms with van der Waals surface area (Å²) in [6.07, 6.45) is 4.29. The van der Waals surface area contributed by atoms with Gasteiger partial charge in [-0.05, 0) is 47.5 Å². The summed E-state index contributed by atoms with van der Waals surface area (Å²) >= 11 is 0. The minimum atomic E-state index is -0.249. The second kappa shape index (κ2) is 4.99. The summed E-state index contributed by atoms with van der Waals surface area (Å²) in [4.78, 5) is 0. The van der Waals surface area contributed by atoms with Gasteiger partial charge < -0.3 is 9.31 Å². The normalized spacial score (nSPS) is 25.6. The van der Waals surface area contributed by atoms with E-state index in [-0.39, 0.29) is 18.3 Å². The van der Waals surface area contributed by atoms with E-state index >= 15 is 0 Å². The molecule has 1 unspecified atom stereocenters. The molecule has 0 radical (unpaired) electrons. The largest absolute Gasteiger partial charge is 0.486 e. The van der Waals surface area contributed by atoms with E-state index in [1.807, 2.05) is 5.98 Å². The standard InChI is InChI=1S/C14H25BO2/c1-8-11(2)12(3)9-10-15-16-13(4,5)14(6,7)17-15/h8-10,12H,1-7H3/b10-9+,11-8+. The fourth-order valence-electron chi connectivity index (χ4n) is 1.64. The van der Waals surface area contributed by atoms with Crippen molar-refractivity contribution in [2.75, 3.05) is 0 Å². The monoisotopic (exact) mass is 236 g/mol. The molecule has 3 heteroatoms. The fourth-order valence-corrected chi connectivity index (χ4v) is 1.64. The Morgan fingerprint density at radius 2 is 1.59 bits per heavy atom. The second-order valence-corrected chi connectivity index (χ2v) is 5.83. The molecule has 0 aromatic rings. The van der Waals surface area contributed by atoms with Crippen LogP contribution in [0.2, 0.25) is 0 Å². The number of hydrogen-bond acceptors (Lipinski definition) is 2. The molecule has 0 aromatic heterocycles. The van der Waals surface area contributed by atoms with Crippen molar-refractivity contribution in [2.24, 2.45) is 5.92 Å². The molecule has 17 heavy (non-hydrogen) atoms. The summed E-state index contributed by atoms with van der Waals surface area (Å²) < 4.78 is 11.8. The maximum Gasteiger partial charge on any atom is 0.486 e. The first-order chi connectivity index (χ1) is 7.69. The molecule has 0 saturated carbocycles. The Bertz CT molecular complexity index is 313. The van der Waals surface area contributed by atoms with Crippen molar-refractivity contribution in [2.45, 2.75) is 59.7 Å². The third kappa shape index (κ3) is 3.23. The van der Waals surface area contributed by atoms with Crippen molar-refractivity contribution in [1.82, 2.24) is 0 Å². The average Bonchev–Trinajstić information content (AvgIpc) is 2.43. The Morgan fingerprint density at radius 3 is 2.00 bits per heavy atom. The topological polar surface area (TPSA) is 18.5 Å². The Labute approximate surface area is 106 Å². The van der Waals surface area contributed by atoms with Gasteiger partial charge in [0.05, 0.1) is 11.2 Å². The second-order valence-electron chi connectivity index (χ2n) is 5.83. The smallest absolute Gasteiger partial charge is 0.400 e. The van der Waals surface area contributed by atoms with Crippen LogP contribution in [-0.2, 0) is 9.31 Å². The Hall–Kier alpha value is -0.535. The summed E-state index contributed by atoms with van der Waals surface area (Å²) in [5.41, 5.74) is 0.861. The predicted molar refractivity (Wildman–Crippen MR) is 73.8 cm³/mol. The number of rotatable bonds is 3. The SMILES string of the molecule is C/C=C(\C)C(C)/C=C/B1OC(C)(C)C(C)(C)O1. The van der Waals surface area contributed by atoms with E-state index in [1.54, 1.807) is 0 Å². The minimum absolute atomic E-state index is 0.230. The first kappa shape index (κ1) is 14.5. The molecule has 1 saturated heterocycles. The highest BCUT2D eigenvalue weighted by molar-refractivity contribution is 6.51. The zero-order chi connectivity index (χ0) is 13.3. The van der Waals surface area contributed by atoms with E-state index in [4.69, 9.17) is 9.31 Å². The molecule has 96 valence electrons. The van der Waals surface area contributed by atoms with Crippen LogP contribution in [0.5, 0.6) is 0 Å². The van der Waals surface area contributed by atoms with Gasteiger partial charge in [-0.1, -0.05) is 30.6 Å². The third-order valence-corrected chi connectivity index (χ3v) is 4.00. The molecule has 1 fully saturated rings. The first-order valence-electron chi connectivity index (χ1n) is 6.36. The van der Waals surface area contributed by atoms with Crippen molar-refractivity contribution in [3.8, 4) is 0 Å². The average molecular weight is 236 g/mol. The minimum Gasteiger partial charge on any atom is -0.400 e. The molecule has 0 aromatic carbocycles. The third-order valence-electron chi connectivity index (χ3n) is 4.00. The zero-order valence-corrected chi connectivity index (χ0v) is 12.2. The summed E-state index contributed by atoms with van der Waals surface area (Å²) in [5, 5.41) is 0. The van der Waals surface area contributed by atoms with Gasteiger partial charge in [-0.3, -0.25) is 0 Å². The van der Waals surface area contributed by atoms with Crippen LogP contribution in [-0.4, -0.2) is 18.3 Å². The van der Waals surface area contributed by atoms with Gasteiger partial charge >= 0.3 is 7.12 Å². The Balaban J connectivity index is 2.65. The van der Waals surface area contributed by atoms with Gasteiger partial charge in [-0.15, -0.1) is 0 Å². The summed E-state index contributed by atoms with van der Waals surface area (Å²) in [6.45, 7) is 14.7. The lowest BCUT2D eigenvalue weighted by Gasteiger charge is -2.32. The summed E-state index contributed by atoms with van der Waals surface area (Å²) in [5.74, 6) is 2.45. The maximum atomic E-state index is 5.90. The molecule has 1 rings (SSSR count). The van der Waals surface area contributed by atoms with Crippen LogP contribution in [0.3, 0.4) is 0 Å². The van der Waals surface area contributed by atoms with Gasteiger partial charge in [0.1, 0.15) is 0 Å². The maximum absolute atomic E-state index is 5.90. The van der Waals surface area contributed by atoms with Crippen LogP contribution >= 0.6 is 0 Å². The van der Waals surface area contributed by atoms with Crippen LogP contribution in [0.25, 0.3) is 0 Å². The van der Waals surface area contributed by atoms with E-state index in [0.29, 0.717) is 5.92 Å². The quantitative estimate of drug-likeness (QED) is 0.548. The van der Waals surface area contributed by atoms with Crippen LogP contribution in [0, 0.1) is 5.92 Å². The molecule has 2 nitrogen and oxygen atoms in total. The molecule has 0 N–H and O–H groups in total. The van der Waals surface area contributed by atoms with Crippen molar-refractivity contribution in [3.63, 3.8) is 0 Å². The van der Waals surface area contributed by atoms with Gasteiger partial charge in [0.2, 0.25) is 0 Å². The van der Waals surface area contributed by atoms with Gasteiger partial charge in [0.25, 0.3) is 0 Å². The molecular weight excluding hydrogens is 211 g/mol. The van der Waals surface area contributed by atoms with E-state index in [2.05, 4.69) is 60.6 Å². The highest BCUT2D eigenvalue weighted by Crippen LogP contribution is 2.37. The number of allylic oxidation sites excluding steroid dienone is 3.